The van der Waals surface area contributed by atoms with Crippen LogP contribution in [0.3, 0.4) is 0 Å². The first-order chi connectivity index (χ1) is 9.04. The highest BCUT2D eigenvalue weighted by atomic mass is 16.5. The summed E-state index contributed by atoms with van der Waals surface area (Å²) in [5, 5.41) is 3.29. The number of rotatable bonds is 7. The first kappa shape index (κ1) is 15.3. The Morgan fingerprint density at radius 2 is 2.11 bits per heavy atom. The van der Waals surface area contributed by atoms with Crippen LogP contribution in [0.2, 0.25) is 0 Å². The van der Waals surface area contributed by atoms with E-state index in [0.717, 1.165) is 24.6 Å². The summed E-state index contributed by atoms with van der Waals surface area (Å²) >= 11 is 0. The number of nitrogens with one attached hydrogen (secondary N) is 1. The first-order valence-electron chi connectivity index (χ1n) is 6.76. The molecule has 0 aliphatic carbocycles. The Balaban J connectivity index is 2.44. The normalized spacial score (nSPS) is 10.5. The average molecular weight is 264 g/mol. The van der Waals surface area contributed by atoms with Gasteiger partial charge in [-0.3, -0.25) is 0 Å². The van der Waals surface area contributed by atoms with Crippen molar-refractivity contribution in [1.82, 2.24) is 0 Å². The molecular formula is C15H24N2O2. The second-order valence-electron chi connectivity index (χ2n) is 5.11. The van der Waals surface area contributed by atoms with Crippen LogP contribution >= 0.6 is 0 Å². The number of methoxy groups -OCH3 is 1. The summed E-state index contributed by atoms with van der Waals surface area (Å²) < 4.78 is 4.65. The van der Waals surface area contributed by atoms with Gasteiger partial charge in [-0.1, -0.05) is 26.7 Å². The van der Waals surface area contributed by atoms with E-state index >= 15 is 0 Å². The van der Waals surface area contributed by atoms with Crippen LogP contribution < -0.4 is 11.1 Å². The zero-order valence-electron chi connectivity index (χ0n) is 12.0. The van der Waals surface area contributed by atoms with Crippen molar-refractivity contribution in [2.75, 3.05) is 24.7 Å². The molecule has 0 bridgehead atoms. The van der Waals surface area contributed by atoms with Crippen LogP contribution in [0.5, 0.6) is 0 Å². The van der Waals surface area contributed by atoms with E-state index in [1.807, 2.05) is 6.07 Å². The lowest BCUT2D eigenvalue weighted by molar-refractivity contribution is 0.0601. The number of unbranched alkanes of at least 4 members (excludes halogenated alkanes) is 1. The predicted octanol–water partition coefficient (Wildman–Crippen LogP) is 3.29. The maximum atomic E-state index is 11.3. The zero-order valence-corrected chi connectivity index (χ0v) is 12.0. The molecule has 0 amide bonds. The second kappa shape index (κ2) is 7.67. The minimum absolute atomic E-state index is 0.366. The predicted molar refractivity (Wildman–Crippen MR) is 79.4 cm³/mol. The molecule has 0 unspecified atom stereocenters. The summed E-state index contributed by atoms with van der Waals surface area (Å²) in [4.78, 5) is 11.3. The molecule has 19 heavy (non-hydrogen) atoms. The maximum Gasteiger partial charge on any atom is 0.337 e. The zero-order chi connectivity index (χ0) is 14.3. The van der Waals surface area contributed by atoms with Crippen molar-refractivity contribution in [2.24, 2.45) is 5.92 Å². The molecule has 0 fully saturated rings. The number of nitrogens with two attached hydrogens (primary N) is 1. The molecule has 0 radical (unpaired) electrons. The van der Waals surface area contributed by atoms with E-state index in [2.05, 4.69) is 23.9 Å². The summed E-state index contributed by atoms with van der Waals surface area (Å²) in [6.45, 7) is 5.36. The number of benzene rings is 1. The minimum Gasteiger partial charge on any atom is -0.465 e. The quantitative estimate of drug-likeness (QED) is 0.450. The van der Waals surface area contributed by atoms with Crippen LogP contribution in [0, 0.1) is 5.92 Å². The van der Waals surface area contributed by atoms with Crippen molar-refractivity contribution >= 4 is 17.3 Å². The van der Waals surface area contributed by atoms with Gasteiger partial charge in [0, 0.05) is 6.54 Å². The summed E-state index contributed by atoms with van der Waals surface area (Å²) in [7, 11) is 1.36. The molecule has 106 valence electrons. The van der Waals surface area contributed by atoms with Gasteiger partial charge in [0.1, 0.15) is 0 Å². The third-order valence-corrected chi connectivity index (χ3v) is 3.00. The van der Waals surface area contributed by atoms with Crippen molar-refractivity contribution in [2.45, 2.75) is 33.1 Å². The van der Waals surface area contributed by atoms with Crippen LogP contribution in [0.15, 0.2) is 18.2 Å². The lowest BCUT2D eigenvalue weighted by Gasteiger charge is -2.11. The Morgan fingerprint density at radius 1 is 1.37 bits per heavy atom. The van der Waals surface area contributed by atoms with Crippen LogP contribution in [0.4, 0.5) is 11.4 Å². The topological polar surface area (TPSA) is 64.3 Å². The van der Waals surface area contributed by atoms with Gasteiger partial charge in [0.15, 0.2) is 0 Å². The third kappa shape index (κ3) is 5.20. The molecule has 3 N–H and O–H groups in total. The lowest BCUT2D eigenvalue weighted by Crippen LogP contribution is -2.07. The summed E-state index contributed by atoms with van der Waals surface area (Å²) in [5.74, 6) is 0.389. The number of hydrogen-bond acceptors (Lipinski definition) is 4. The molecule has 0 aromatic heterocycles. The van der Waals surface area contributed by atoms with E-state index in [0.29, 0.717) is 11.3 Å². The van der Waals surface area contributed by atoms with Gasteiger partial charge < -0.3 is 15.8 Å². The van der Waals surface area contributed by atoms with Crippen LogP contribution in [0.25, 0.3) is 0 Å². The SMILES string of the molecule is COC(=O)c1ccc(NCCCCC(C)C)c(N)c1. The lowest BCUT2D eigenvalue weighted by atomic mass is 10.1. The fraction of sp³-hybridized carbons (Fsp3) is 0.533. The Morgan fingerprint density at radius 3 is 2.68 bits per heavy atom. The summed E-state index contributed by atoms with van der Waals surface area (Å²) in [5.41, 5.74) is 7.83. The molecule has 0 aliphatic rings. The molecule has 0 heterocycles. The van der Waals surface area contributed by atoms with Gasteiger partial charge in [0.2, 0.25) is 0 Å². The van der Waals surface area contributed by atoms with E-state index in [4.69, 9.17) is 5.73 Å². The fourth-order valence-corrected chi connectivity index (χ4v) is 1.87. The van der Waals surface area contributed by atoms with E-state index in [1.165, 1.54) is 20.0 Å². The Hall–Kier alpha value is -1.71. The Kier molecular flexibility index (Phi) is 6.19. The molecular weight excluding hydrogens is 240 g/mol. The highest BCUT2D eigenvalue weighted by Crippen LogP contribution is 2.20. The van der Waals surface area contributed by atoms with Gasteiger partial charge in [0.25, 0.3) is 0 Å². The van der Waals surface area contributed by atoms with Crippen molar-refractivity contribution in [3.05, 3.63) is 23.8 Å². The van der Waals surface area contributed by atoms with E-state index in [1.54, 1.807) is 12.1 Å². The highest BCUT2D eigenvalue weighted by Gasteiger charge is 2.07. The van der Waals surface area contributed by atoms with Gasteiger partial charge >= 0.3 is 5.97 Å². The van der Waals surface area contributed by atoms with Crippen molar-refractivity contribution in [1.29, 1.82) is 0 Å². The van der Waals surface area contributed by atoms with Crippen LogP contribution in [-0.4, -0.2) is 19.6 Å². The summed E-state index contributed by atoms with van der Waals surface area (Å²) in [6.07, 6.45) is 3.58. The fourth-order valence-electron chi connectivity index (χ4n) is 1.87. The molecule has 0 aliphatic heterocycles. The number of carbonyl (C=O) groups excluding carboxylic acids is 1. The standard InChI is InChI=1S/C15H24N2O2/c1-11(2)6-4-5-9-17-14-8-7-12(10-13(14)16)15(18)19-3/h7-8,10-11,17H,4-6,9,16H2,1-3H3. The molecule has 0 saturated carbocycles. The van der Waals surface area contributed by atoms with Crippen molar-refractivity contribution < 1.29 is 9.53 Å². The number of hydrogen-bond donors (Lipinski definition) is 2. The number of carbonyl (C=O) groups is 1. The Labute approximate surface area is 115 Å². The van der Waals surface area contributed by atoms with Gasteiger partial charge in [-0.15, -0.1) is 0 Å². The largest absolute Gasteiger partial charge is 0.465 e. The van der Waals surface area contributed by atoms with Gasteiger partial charge in [0.05, 0.1) is 24.0 Å². The number of ether oxygens (including phenoxy) is 1. The van der Waals surface area contributed by atoms with Crippen LogP contribution in [0.1, 0.15) is 43.5 Å². The Bertz CT molecular complexity index is 417. The van der Waals surface area contributed by atoms with Gasteiger partial charge in [-0.2, -0.15) is 0 Å². The number of nitrogen functional groups attached to an aromatic ring is 1. The van der Waals surface area contributed by atoms with Gasteiger partial charge in [-0.25, -0.2) is 4.79 Å². The third-order valence-electron chi connectivity index (χ3n) is 3.00. The summed E-state index contributed by atoms with van der Waals surface area (Å²) in [6, 6.07) is 5.19. The molecule has 0 spiro atoms. The van der Waals surface area contributed by atoms with Gasteiger partial charge in [-0.05, 0) is 30.5 Å². The molecule has 4 heteroatoms. The number of esters is 1. The molecule has 1 aromatic rings. The monoisotopic (exact) mass is 264 g/mol. The maximum absolute atomic E-state index is 11.3. The molecule has 1 aromatic carbocycles. The van der Waals surface area contributed by atoms with Crippen LogP contribution in [-0.2, 0) is 4.74 Å². The molecule has 0 atom stereocenters. The van der Waals surface area contributed by atoms with Crippen molar-refractivity contribution in [3.8, 4) is 0 Å². The first-order valence-corrected chi connectivity index (χ1v) is 6.76. The molecule has 0 saturated heterocycles. The number of anilines is 2. The second-order valence-corrected chi connectivity index (χ2v) is 5.11. The van der Waals surface area contributed by atoms with Crippen molar-refractivity contribution in [3.63, 3.8) is 0 Å². The highest BCUT2D eigenvalue weighted by molar-refractivity contribution is 5.91. The molecule has 1 rings (SSSR count). The van der Waals surface area contributed by atoms with E-state index < -0.39 is 0 Å². The average Bonchev–Trinajstić information content (AvgIpc) is 2.38. The minimum atomic E-state index is -0.366. The molecule has 4 nitrogen and oxygen atoms in total. The van der Waals surface area contributed by atoms with E-state index in [9.17, 15) is 4.79 Å². The van der Waals surface area contributed by atoms with E-state index in [-0.39, 0.29) is 5.97 Å². The smallest absolute Gasteiger partial charge is 0.337 e.